The quantitative estimate of drug-likeness (QED) is 0.772. The van der Waals surface area contributed by atoms with Crippen molar-refractivity contribution in [1.29, 1.82) is 0 Å². The summed E-state index contributed by atoms with van der Waals surface area (Å²) in [5.74, 6) is 0.576. The van der Waals surface area contributed by atoms with Crippen LogP contribution in [0.5, 0.6) is 5.75 Å². The molecule has 0 aliphatic heterocycles. The molecule has 0 radical (unpaired) electrons. The Hall–Kier alpha value is -1.71. The Morgan fingerprint density at radius 1 is 1.35 bits per heavy atom. The summed E-state index contributed by atoms with van der Waals surface area (Å²) in [6.07, 6.45) is 0.463. The summed E-state index contributed by atoms with van der Waals surface area (Å²) in [7, 11) is 1.39. The van der Waals surface area contributed by atoms with Crippen molar-refractivity contribution in [2.24, 2.45) is 0 Å². The number of esters is 1. The predicted molar refractivity (Wildman–Crippen MR) is 67.3 cm³/mol. The van der Waals surface area contributed by atoms with Gasteiger partial charge in [-0.2, -0.15) is 0 Å². The van der Waals surface area contributed by atoms with Gasteiger partial charge >= 0.3 is 5.97 Å². The molecule has 4 nitrogen and oxygen atoms in total. The van der Waals surface area contributed by atoms with E-state index in [-0.39, 0.29) is 12.1 Å². The molecule has 0 fully saturated rings. The number of rotatable bonds is 6. The largest absolute Gasteiger partial charge is 0.489 e. The van der Waals surface area contributed by atoms with Crippen LogP contribution in [0.1, 0.15) is 20.3 Å². The van der Waals surface area contributed by atoms with E-state index in [0.29, 0.717) is 13.0 Å². The van der Waals surface area contributed by atoms with Gasteiger partial charge in [0.05, 0.1) is 25.3 Å². The molecule has 0 aromatic heterocycles. The minimum atomic E-state index is -0.222. The molecule has 0 saturated heterocycles. The molecule has 1 rings (SSSR count). The Morgan fingerprint density at radius 2 is 2.06 bits per heavy atom. The minimum Gasteiger partial charge on any atom is -0.489 e. The number of methoxy groups -OCH3 is 1. The zero-order valence-electron chi connectivity index (χ0n) is 10.5. The maximum atomic E-state index is 11.0. The molecule has 0 unspecified atom stereocenters. The molecular formula is C13H19NO3. The summed E-state index contributed by atoms with van der Waals surface area (Å²) < 4.78 is 10.2. The Labute approximate surface area is 102 Å². The van der Waals surface area contributed by atoms with E-state index in [0.717, 1.165) is 11.4 Å². The summed E-state index contributed by atoms with van der Waals surface area (Å²) in [5.41, 5.74) is 0.894. The highest BCUT2D eigenvalue weighted by Crippen LogP contribution is 2.24. The lowest BCUT2D eigenvalue weighted by Gasteiger charge is -2.15. The van der Waals surface area contributed by atoms with Crippen LogP contribution in [0.2, 0.25) is 0 Å². The van der Waals surface area contributed by atoms with Crippen molar-refractivity contribution >= 4 is 11.7 Å². The SMILES string of the molecule is COC(=O)CCNc1ccccc1OC(C)C. The maximum absolute atomic E-state index is 11.0. The number of anilines is 1. The number of benzene rings is 1. The standard InChI is InChI=1S/C13H19NO3/c1-10(2)17-12-7-5-4-6-11(12)14-9-8-13(15)16-3/h4-7,10,14H,8-9H2,1-3H3. The first kappa shape index (κ1) is 13.4. The molecule has 0 atom stereocenters. The highest BCUT2D eigenvalue weighted by atomic mass is 16.5. The number of carbonyl (C=O) groups excluding carboxylic acids is 1. The van der Waals surface area contributed by atoms with Gasteiger partial charge in [0.1, 0.15) is 5.75 Å². The monoisotopic (exact) mass is 237 g/mol. The fourth-order valence-corrected chi connectivity index (χ4v) is 1.37. The van der Waals surface area contributed by atoms with Crippen LogP contribution in [0.15, 0.2) is 24.3 Å². The van der Waals surface area contributed by atoms with E-state index in [1.54, 1.807) is 0 Å². The van der Waals surface area contributed by atoms with E-state index in [4.69, 9.17) is 4.74 Å². The number of nitrogens with one attached hydrogen (secondary N) is 1. The first-order valence-electron chi connectivity index (χ1n) is 5.70. The van der Waals surface area contributed by atoms with Crippen molar-refractivity contribution in [2.45, 2.75) is 26.4 Å². The smallest absolute Gasteiger partial charge is 0.307 e. The number of ether oxygens (including phenoxy) is 2. The van der Waals surface area contributed by atoms with Crippen molar-refractivity contribution < 1.29 is 14.3 Å². The molecule has 0 aliphatic rings. The molecule has 0 saturated carbocycles. The molecule has 1 aromatic carbocycles. The highest BCUT2D eigenvalue weighted by molar-refractivity contribution is 5.70. The van der Waals surface area contributed by atoms with Crippen LogP contribution >= 0.6 is 0 Å². The number of hydrogen-bond acceptors (Lipinski definition) is 4. The summed E-state index contributed by atoms with van der Waals surface area (Å²) in [5, 5.41) is 3.16. The predicted octanol–water partition coefficient (Wildman–Crippen LogP) is 2.45. The second kappa shape index (κ2) is 6.78. The van der Waals surface area contributed by atoms with Crippen molar-refractivity contribution in [3.8, 4) is 5.75 Å². The van der Waals surface area contributed by atoms with Crippen molar-refractivity contribution in [1.82, 2.24) is 0 Å². The lowest BCUT2D eigenvalue weighted by atomic mass is 10.2. The fraction of sp³-hybridized carbons (Fsp3) is 0.462. The number of carbonyl (C=O) groups is 1. The lowest BCUT2D eigenvalue weighted by molar-refractivity contribution is -0.140. The summed E-state index contributed by atoms with van der Waals surface area (Å²) in [4.78, 5) is 11.0. The number of para-hydroxylation sites is 2. The van der Waals surface area contributed by atoms with Gasteiger partial charge in [-0.05, 0) is 26.0 Å². The highest BCUT2D eigenvalue weighted by Gasteiger charge is 2.05. The van der Waals surface area contributed by atoms with Gasteiger partial charge in [-0.1, -0.05) is 12.1 Å². The molecule has 1 N–H and O–H groups in total. The second-order valence-electron chi connectivity index (χ2n) is 3.92. The summed E-state index contributed by atoms with van der Waals surface area (Å²) >= 11 is 0. The van der Waals surface area contributed by atoms with Crippen LogP contribution in [-0.4, -0.2) is 25.7 Å². The second-order valence-corrected chi connectivity index (χ2v) is 3.92. The van der Waals surface area contributed by atoms with Crippen LogP contribution in [0.4, 0.5) is 5.69 Å². The van der Waals surface area contributed by atoms with Crippen LogP contribution in [0.3, 0.4) is 0 Å². The number of hydrogen-bond donors (Lipinski definition) is 1. The third-order valence-electron chi connectivity index (χ3n) is 2.12. The van der Waals surface area contributed by atoms with Gasteiger partial charge < -0.3 is 14.8 Å². The van der Waals surface area contributed by atoms with E-state index in [2.05, 4.69) is 10.1 Å². The molecule has 94 valence electrons. The van der Waals surface area contributed by atoms with Crippen molar-refractivity contribution in [3.05, 3.63) is 24.3 Å². The van der Waals surface area contributed by atoms with Crippen molar-refractivity contribution in [3.63, 3.8) is 0 Å². The van der Waals surface area contributed by atoms with Crippen LogP contribution in [0, 0.1) is 0 Å². The van der Waals surface area contributed by atoms with Crippen LogP contribution < -0.4 is 10.1 Å². The van der Waals surface area contributed by atoms with E-state index >= 15 is 0 Å². The Morgan fingerprint density at radius 3 is 2.71 bits per heavy atom. The molecule has 0 heterocycles. The van der Waals surface area contributed by atoms with Crippen LogP contribution in [-0.2, 0) is 9.53 Å². The van der Waals surface area contributed by atoms with E-state index < -0.39 is 0 Å². The van der Waals surface area contributed by atoms with Gasteiger partial charge in [0.25, 0.3) is 0 Å². The molecular weight excluding hydrogens is 218 g/mol. The van der Waals surface area contributed by atoms with Gasteiger partial charge in [-0.3, -0.25) is 4.79 Å². The van der Waals surface area contributed by atoms with Crippen molar-refractivity contribution in [2.75, 3.05) is 19.0 Å². The van der Waals surface area contributed by atoms with E-state index in [9.17, 15) is 4.79 Å². The first-order chi connectivity index (χ1) is 8.13. The fourth-order valence-electron chi connectivity index (χ4n) is 1.37. The third kappa shape index (κ3) is 4.76. The average molecular weight is 237 g/mol. The first-order valence-corrected chi connectivity index (χ1v) is 5.70. The summed E-state index contributed by atoms with van der Waals surface area (Å²) in [6.45, 7) is 4.49. The van der Waals surface area contributed by atoms with Gasteiger partial charge in [-0.25, -0.2) is 0 Å². The minimum absolute atomic E-state index is 0.124. The molecule has 0 spiro atoms. The zero-order valence-corrected chi connectivity index (χ0v) is 10.5. The molecule has 17 heavy (non-hydrogen) atoms. The normalized spacial score (nSPS) is 10.1. The molecule has 4 heteroatoms. The average Bonchev–Trinajstić information content (AvgIpc) is 2.30. The van der Waals surface area contributed by atoms with Gasteiger partial charge in [-0.15, -0.1) is 0 Å². The molecule has 0 bridgehead atoms. The zero-order chi connectivity index (χ0) is 12.7. The maximum Gasteiger partial charge on any atom is 0.307 e. The van der Waals surface area contributed by atoms with Crippen LogP contribution in [0.25, 0.3) is 0 Å². The Bertz CT molecular complexity index is 363. The molecule has 1 aromatic rings. The summed E-state index contributed by atoms with van der Waals surface area (Å²) in [6, 6.07) is 7.67. The van der Waals surface area contributed by atoms with Gasteiger partial charge in [0.15, 0.2) is 0 Å². The Balaban J connectivity index is 2.54. The van der Waals surface area contributed by atoms with Gasteiger partial charge in [0, 0.05) is 6.54 Å². The topological polar surface area (TPSA) is 47.6 Å². The molecule has 0 amide bonds. The van der Waals surface area contributed by atoms with E-state index in [1.807, 2.05) is 38.1 Å². The van der Waals surface area contributed by atoms with Gasteiger partial charge in [0.2, 0.25) is 0 Å². The molecule has 0 aliphatic carbocycles. The third-order valence-corrected chi connectivity index (χ3v) is 2.12. The Kier molecular flexibility index (Phi) is 5.33. The van der Waals surface area contributed by atoms with E-state index in [1.165, 1.54) is 7.11 Å². The lowest BCUT2D eigenvalue weighted by Crippen LogP contribution is -2.12.